The number of ether oxygens (including phenoxy) is 1. The molecular formula is C10H14F4N2O2. The fraction of sp³-hybridized carbons (Fsp3) is 0.700. The van der Waals surface area contributed by atoms with E-state index in [1.807, 2.05) is 0 Å². The fourth-order valence-electron chi connectivity index (χ4n) is 1.27. The van der Waals surface area contributed by atoms with E-state index in [0.29, 0.717) is 5.69 Å². The summed E-state index contributed by atoms with van der Waals surface area (Å²) in [6, 6.07) is 1.65. The number of rotatable bonds is 7. The van der Waals surface area contributed by atoms with Crippen molar-refractivity contribution in [1.82, 2.24) is 9.78 Å². The van der Waals surface area contributed by atoms with Crippen LogP contribution in [-0.2, 0) is 18.2 Å². The quantitative estimate of drug-likeness (QED) is 0.758. The first kappa shape index (κ1) is 14.9. The molecule has 0 aliphatic heterocycles. The molecule has 1 atom stereocenters. The van der Waals surface area contributed by atoms with Gasteiger partial charge in [0.15, 0.2) is 0 Å². The van der Waals surface area contributed by atoms with Crippen molar-refractivity contribution in [2.24, 2.45) is 7.05 Å². The molecule has 0 amide bonds. The van der Waals surface area contributed by atoms with Crippen LogP contribution < -0.4 is 0 Å². The van der Waals surface area contributed by atoms with Gasteiger partial charge in [0.2, 0.25) is 0 Å². The van der Waals surface area contributed by atoms with Crippen molar-refractivity contribution in [3.05, 3.63) is 18.0 Å². The van der Waals surface area contributed by atoms with Crippen molar-refractivity contribution in [1.29, 1.82) is 0 Å². The van der Waals surface area contributed by atoms with E-state index in [2.05, 4.69) is 9.84 Å². The maximum Gasteiger partial charge on any atom is 0.330 e. The molecule has 18 heavy (non-hydrogen) atoms. The predicted molar refractivity (Wildman–Crippen MR) is 54.7 cm³/mol. The van der Waals surface area contributed by atoms with Gasteiger partial charge in [-0.15, -0.1) is 0 Å². The third-order valence-corrected chi connectivity index (χ3v) is 2.14. The number of hydrogen-bond donors (Lipinski definition) is 1. The summed E-state index contributed by atoms with van der Waals surface area (Å²) < 4.78 is 54.4. The molecular weight excluding hydrogens is 256 g/mol. The maximum atomic E-state index is 12.5. The Morgan fingerprint density at radius 3 is 2.67 bits per heavy atom. The number of aryl methyl sites for hydroxylation is 1. The van der Waals surface area contributed by atoms with Crippen molar-refractivity contribution in [3.8, 4) is 0 Å². The van der Waals surface area contributed by atoms with Crippen molar-refractivity contribution < 1.29 is 27.4 Å². The molecule has 4 nitrogen and oxygen atoms in total. The highest BCUT2D eigenvalue weighted by Crippen LogP contribution is 2.22. The molecule has 1 aromatic heterocycles. The van der Waals surface area contributed by atoms with Gasteiger partial charge in [-0.1, -0.05) is 0 Å². The minimum atomic E-state index is -4.19. The van der Waals surface area contributed by atoms with Crippen LogP contribution in [-0.4, -0.2) is 46.6 Å². The lowest BCUT2D eigenvalue weighted by atomic mass is 10.2. The van der Waals surface area contributed by atoms with Gasteiger partial charge in [-0.2, -0.15) is 13.9 Å². The molecule has 1 aromatic rings. The van der Waals surface area contributed by atoms with Crippen LogP contribution in [0.3, 0.4) is 0 Å². The standard InChI is InChI=1S/C10H14F4N2O2/c1-16-3-2-7(15-16)4-8(17)5-18-6-10(13,14)9(11)12/h2-3,8-9,17H,4-6H2,1H3. The summed E-state index contributed by atoms with van der Waals surface area (Å²) >= 11 is 0. The Kier molecular flexibility index (Phi) is 5.09. The van der Waals surface area contributed by atoms with Gasteiger partial charge in [-0.25, -0.2) is 8.78 Å². The van der Waals surface area contributed by atoms with E-state index in [1.165, 1.54) is 4.68 Å². The average Bonchev–Trinajstić information content (AvgIpc) is 2.63. The Bertz CT molecular complexity index is 371. The fourth-order valence-corrected chi connectivity index (χ4v) is 1.27. The molecule has 1 N–H and O–H groups in total. The monoisotopic (exact) mass is 270 g/mol. The first-order valence-corrected chi connectivity index (χ1v) is 5.21. The number of aliphatic hydroxyl groups is 1. The van der Waals surface area contributed by atoms with Crippen molar-refractivity contribution in [3.63, 3.8) is 0 Å². The molecule has 0 saturated carbocycles. The van der Waals surface area contributed by atoms with Crippen LogP contribution in [0.5, 0.6) is 0 Å². The first-order valence-electron chi connectivity index (χ1n) is 5.21. The summed E-state index contributed by atoms with van der Waals surface area (Å²) in [6.07, 6.45) is -3.06. The predicted octanol–water partition coefficient (Wildman–Crippen LogP) is 1.24. The van der Waals surface area contributed by atoms with Gasteiger partial charge in [0.25, 0.3) is 0 Å². The second kappa shape index (κ2) is 6.14. The molecule has 0 aliphatic rings. The molecule has 0 aromatic carbocycles. The number of aromatic nitrogens is 2. The average molecular weight is 270 g/mol. The van der Waals surface area contributed by atoms with Gasteiger partial charge in [0.05, 0.1) is 18.4 Å². The normalized spacial score (nSPS) is 14.2. The highest BCUT2D eigenvalue weighted by Gasteiger charge is 2.41. The Morgan fingerprint density at radius 1 is 1.50 bits per heavy atom. The topological polar surface area (TPSA) is 47.3 Å². The smallest absolute Gasteiger partial charge is 0.330 e. The second-order valence-electron chi connectivity index (χ2n) is 3.92. The van der Waals surface area contributed by atoms with Crippen molar-refractivity contribution in [2.45, 2.75) is 24.9 Å². The summed E-state index contributed by atoms with van der Waals surface area (Å²) in [5.41, 5.74) is 0.564. The molecule has 0 radical (unpaired) electrons. The summed E-state index contributed by atoms with van der Waals surface area (Å²) in [5, 5.41) is 13.4. The van der Waals surface area contributed by atoms with Gasteiger partial charge in [-0.05, 0) is 6.07 Å². The zero-order valence-corrected chi connectivity index (χ0v) is 9.69. The molecule has 1 unspecified atom stereocenters. The highest BCUT2D eigenvalue weighted by atomic mass is 19.3. The zero-order valence-electron chi connectivity index (χ0n) is 9.69. The van der Waals surface area contributed by atoms with E-state index in [-0.39, 0.29) is 6.42 Å². The minimum absolute atomic E-state index is 0.112. The Balaban J connectivity index is 2.27. The summed E-state index contributed by atoms with van der Waals surface area (Å²) in [6.45, 7) is -1.86. The van der Waals surface area contributed by atoms with Gasteiger partial charge in [0, 0.05) is 19.7 Å². The number of hydrogen-bond acceptors (Lipinski definition) is 3. The summed E-state index contributed by atoms with van der Waals surface area (Å²) in [4.78, 5) is 0. The Labute approximate surface area is 101 Å². The van der Waals surface area contributed by atoms with E-state index < -0.39 is 31.7 Å². The lowest BCUT2D eigenvalue weighted by molar-refractivity contribution is -0.170. The number of halogens is 4. The van der Waals surface area contributed by atoms with Crippen LogP contribution >= 0.6 is 0 Å². The van der Waals surface area contributed by atoms with Crippen LogP contribution in [0.2, 0.25) is 0 Å². The zero-order chi connectivity index (χ0) is 13.8. The largest absolute Gasteiger partial charge is 0.390 e. The molecule has 0 bridgehead atoms. The molecule has 0 saturated heterocycles. The third kappa shape index (κ3) is 4.61. The number of aliphatic hydroxyl groups excluding tert-OH is 1. The van der Waals surface area contributed by atoms with Crippen LogP contribution in [0.4, 0.5) is 17.6 Å². The molecule has 0 spiro atoms. The Morgan fingerprint density at radius 2 is 2.17 bits per heavy atom. The minimum Gasteiger partial charge on any atom is -0.390 e. The molecule has 0 fully saturated rings. The van der Waals surface area contributed by atoms with Gasteiger partial charge in [-0.3, -0.25) is 4.68 Å². The van der Waals surface area contributed by atoms with E-state index in [4.69, 9.17) is 0 Å². The van der Waals surface area contributed by atoms with E-state index in [0.717, 1.165) is 0 Å². The molecule has 1 rings (SSSR count). The number of alkyl halides is 4. The van der Waals surface area contributed by atoms with Crippen LogP contribution in [0.15, 0.2) is 12.3 Å². The summed E-state index contributed by atoms with van der Waals surface area (Å²) in [7, 11) is 1.69. The molecule has 1 heterocycles. The molecule has 104 valence electrons. The lowest BCUT2D eigenvalue weighted by Crippen LogP contribution is -2.34. The van der Waals surface area contributed by atoms with E-state index in [1.54, 1.807) is 19.3 Å². The van der Waals surface area contributed by atoms with Gasteiger partial charge >= 0.3 is 12.3 Å². The maximum absolute atomic E-state index is 12.5. The summed E-state index contributed by atoms with van der Waals surface area (Å²) in [5.74, 6) is -4.19. The van der Waals surface area contributed by atoms with Crippen molar-refractivity contribution >= 4 is 0 Å². The van der Waals surface area contributed by atoms with Gasteiger partial charge < -0.3 is 9.84 Å². The van der Waals surface area contributed by atoms with Crippen LogP contribution in [0, 0.1) is 0 Å². The van der Waals surface area contributed by atoms with E-state index in [9.17, 15) is 22.7 Å². The first-order chi connectivity index (χ1) is 8.31. The highest BCUT2D eigenvalue weighted by molar-refractivity contribution is 5.00. The molecule has 8 heteroatoms. The van der Waals surface area contributed by atoms with E-state index >= 15 is 0 Å². The third-order valence-electron chi connectivity index (χ3n) is 2.14. The second-order valence-corrected chi connectivity index (χ2v) is 3.92. The van der Waals surface area contributed by atoms with Gasteiger partial charge in [0.1, 0.15) is 6.61 Å². The SMILES string of the molecule is Cn1ccc(CC(O)COCC(F)(F)C(F)F)n1. The van der Waals surface area contributed by atoms with Crippen LogP contribution in [0.25, 0.3) is 0 Å². The van der Waals surface area contributed by atoms with Crippen LogP contribution in [0.1, 0.15) is 5.69 Å². The number of nitrogens with zero attached hydrogens (tertiary/aromatic N) is 2. The lowest BCUT2D eigenvalue weighted by Gasteiger charge is -2.16. The molecule has 0 aliphatic carbocycles. The van der Waals surface area contributed by atoms with Crippen molar-refractivity contribution in [2.75, 3.05) is 13.2 Å². The Hall–Kier alpha value is -1.15.